The number of allylic oxidation sites excluding steroid dienone is 1. The fourth-order valence-corrected chi connectivity index (χ4v) is 10.0. The van der Waals surface area contributed by atoms with Crippen molar-refractivity contribution < 1.29 is 27.5 Å². The van der Waals surface area contributed by atoms with E-state index in [0.717, 1.165) is 103 Å². The molecule has 9 rings (SSSR count). The predicted molar refractivity (Wildman–Crippen MR) is 216 cm³/mol. The number of carbonyl (C=O) groups is 2. The van der Waals surface area contributed by atoms with Crippen LogP contribution in [0.2, 0.25) is 0 Å². The van der Waals surface area contributed by atoms with Gasteiger partial charge in [0.05, 0.1) is 61.3 Å². The molecule has 2 amide bonds. The third kappa shape index (κ3) is 6.45. The lowest BCUT2D eigenvalue weighted by atomic mass is 9.81. The Balaban J connectivity index is 1.24. The lowest BCUT2D eigenvalue weighted by Gasteiger charge is -2.43. The summed E-state index contributed by atoms with van der Waals surface area (Å²) in [5.74, 6) is 0.364. The summed E-state index contributed by atoms with van der Waals surface area (Å²) in [6, 6.07) is 12.0. The molecule has 296 valence electrons. The summed E-state index contributed by atoms with van der Waals surface area (Å²) < 4.78 is 44.1. The number of methoxy groups -OCH3 is 1. The maximum Gasteiger partial charge on any atom is 0.264 e. The van der Waals surface area contributed by atoms with Gasteiger partial charge in [0, 0.05) is 53.6 Å². The van der Waals surface area contributed by atoms with Gasteiger partial charge in [-0.15, -0.1) is 0 Å². The third-order valence-electron chi connectivity index (χ3n) is 12.9. The molecule has 3 aliphatic heterocycles. The van der Waals surface area contributed by atoms with Crippen molar-refractivity contribution in [2.45, 2.75) is 89.0 Å². The molecule has 0 bridgehead atoms. The first-order valence-electron chi connectivity index (χ1n) is 20.3. The van der Waals surface area contributed by atoms with Gasteiger partial charge in [0.15, 0.2) is 0 Å². The second kappa shape index (κ2) is 14.5. The number of nitrogens with zero attached hydrogens (tertiary/aromatic N) is 4. The quantitative estimate of drug-likeness (QED) is 0.211. The molecule has 2 aliphatic carbocycles. The van der Waals surface area contributed by atoms with Gasteiger partial charge >= 0.3 is 0 Å². The molecule has 4 aromatic rings. The molecule has 0 atom stereocenters. The molecule has 2 aromatic heterocycles. The van der Waals surface area contributed by atoms with E-state index < -0.39 is 21.2 Å². The topological polar surface area (TPSA) is 137 Å². The number of sulfonamides is 1. The number of amides is 2. The minimum atomic E-state index is -3.84. The van der Waals surface area contributed by atoms with Crippen LogP contribution < -0.4 is 14.8 Å². The molecule has 2 saturated carbocycles. The average molecular weight is 781 g/mol. The number of benzene rings is 2. The molecule has 2 aromatic carbocycles. The van der Waals surface area contributed by atoms with Crippen molar-refractivity contribution in [1.82, 2.24) is 29.3 Å². The van der Waals surface area contributed by atoms with E-state index in [9.17, 15) is 18.0 Å². The molecule has 5 aliphatic rings. The number of hydrogen-bond donors (Lipinski definition) is 2. The zero-order valence-electron chi connectivity index (χ0n) is 32.6. The first-order valence-corrected chi connectivity index (χ1v) is 21.9. The van der Waals surface area contributed by atoms with Crippen LogP contribution in [0.3, 0.4) is 0 Å². The highest BCUT2D eigenvalue weighted by Crippen LogP contribution is 2.48. The number of hydrogen-bond acceptors (Lipinski definition) is 8. The van der Waals surface area contributed by atoms with Gasteiger partial charge < -0.3 is 24.3 Å². The van der Waals surface area contributed by atoms with E-state index in [1.54, 1.807) is 33.2 Å². The standard InChI is InChI=1S/C43H52N6O6S/c1-27(2)56(52,53)46-41(50)29-12-14-35-37(20-29)48-22-31(18-30-19-33(54-3)13-15-34(30)40(48)38(35)28-8-5-4-6-9-28)39-36(21-45-49(39)32-10-7-11-32)42(51)47-16-17-55-26-43(25-47)23-44-24-43/h12-15,18-21,27-28,32,44H,4-11,16-17,22-26H2,1-3H3,(H,46,50). The molecular weight excluding hydrogens is 729 g/mol. The van der Waals surface area contributed by atoms with Crippen LogP contribution in [-0.4, -0.2) is 91.2 Å². The molecule has 4 fully saturated rings. The monoisotopic (exact) mass is 780 g/mol. The second-order valence-electron chi connectivity index (χ2n) is 16.9. The van der Waals surface area contributed by atoms with Crippen molar-refractivity contribution in [3.8, 4) is 17.0 Å². The van der Waals surface area contributed by atoms with Gasteiger partial charge in [-0.1, -0.05) is 25.3 Å². The van der Waals surface area contributed by atoms with Gasteiger partial charge in [-0.05, 0) is 105 Å². The van der Waals surface area contributed by atoms with Gasteiger partial charge in [-0.2, -0.15) is 5.10 Å². The van der Waals surface area contributed by atoms with E-state index >= 15 is 0 Å². The Morgan fingerprint density at radius 1 is 1.02 bits per heavy atom. The minimum Gasteiger partial charge on any atom is -0.497 e. The molecule has 0 unspecified atom stereocenters. The number of carbonyl (C=O) groups excluding carboxylic acids is 2. The molecule has 5 heterocycles. The van der Waals surface area contributed by atoms with Crippen molar-refractivity contribution in [2.24, 2.45) is 5.41 Å². The molecule has 13 heteroatoms. The maximum absolute atomic E-state index is 14.8. The summed E-state index contributed by atoms with van der Waals surface area (Å²) in [5, 5.41) is 8.66. The van der Waals surface area contributed by atoms with E-state index in [-0.39, 0.29) is 22.9 Å². The summed E-state index contributed by atoms with van der Waals surface area (Å²) in [7, 11) is -2.17. The van der Waals surface area contributed by atoms with Crippen LogP contribution in [0.1, 0.15) is 115 Å². The Morgan fingerprint density at radius 3 is 2.52 bits per heavy atom. The SMILES string of the molecule is COc1ccc2c(c1)C=C(c1c(C(=O)N3CCOCC4(CNC4)C3)cnn1C1CCC1)Cn1c-2c(C2CCCCC2)c2ccc(C(=O)NS(=O)(=O)C(C)C)cc21. The molecular formula is C43H52N6O6S. The molecule has 12 nitrogen and oxygen atoms in total. The van der Waals surface area contributed by atoms with Crippen LogP contribution in [0.15, 0.2) is 42.6 Å². The van der Waals surface area contributed by atoms with Gasteiger partial charge in [-0.25, -0.2) is 13.1 Å². The van der Waals surface area contributed by atoms with Crippen molar-refractivity contribution in [3.63, 3.8) is 0 Å². The van der Waals surface area contributed by atoms with Crippen LogP contribution in [-0.2, 0) is 21.3 Å². The number of fused-ring (bicyclic) bond motifs is 5. The molecule has 56 heavy (non-hydrogen) atoms. The van der Waals surface area contributed by atoms with Gasteiger partial charge in [-0.3, -0.25) is 14.3 Å². The number of rotatable bonds is 8. The molecule has 1 spiro atoms. The van der Waals surface area contributed by atoms with Crippen LogP contribution in [0, 0.1) is 5.41 Å². The summed E-state index contributed by atoms with van der Waals surface area (Å²) >= 11 is 0. The van der Waals surface area contributed by atoms with Crippen LogP contribution in [0.4, 0.5) is 0 Å². The Kier molecular flexibility index (Phi) is 9.61. The van der Waals surface area contributed by atoms with E-state index in [1.807, 2.05) is 23.1 Å². The smallest absolute Gasteiger partial charge is 0.264 e. The van der Waals surface area contributed by atoms with E-state index in [2.05, 4.69) is 37.5 Å². The number of ether oxygens (including phenoxy) is 2. The van der Waals surface area contributed by atoms with E-state index in [4.69, 9.17) is 14.6 Å². The predicted octanol–water partition coefficient (Wildman–Crippen LogP) is 6.37. The zero-order valence-corrected chi connectivity index (χ0v) is 33.4. The summed E-state index contributed by atoms with van der Waals surface area (Å²) in [5.41, 5.74) is 7.80. The van der Waals surface area contributed by atoms with Crippen molar-refractivity contribution >= 4 is 44.4 Å². The highest BCUT2D eigenvalue weighted by atomic mass is 32.2. The Bertz CT molecular complexity index is 2340. The molecule has 2 saturated heterocycles. The minimum absolute atomic E-state index is 0.0378. The van der Waals surface area contributed by atoms with E-state index in [0.29, 0.717) is 44.3 Å². The molecule has 0 radical (unpaired) electrons. The zero-order chi connectivity index (χ0) is 38.8. The summed E-state index contributed by atoms with van der Waals surface area (Å²) in [4.78, 5) is 30.4. The fourth-order valence-electron chi connectivity index (χ4n) is 9.41. The lowest BCUT2D eigenvalue weighted by molar-refractivity contribution is 0.0284. The normalized spacial score (nSPS) is 20.1. The Labute approximate surface area is 328 Å². The molecule has 2 N–H and O–H groups in total. The number of aromatic nitrogens is 3. The highest BCUT2D eigenvalue weighted by Gasteiger charge is 2.43. The lowest BCUT2D eigenvalue weighted by Crippen LogP contribution is -2.60. The van der Waals surface area contributed by atoms with Crippen LogP contribution in [0.25, 0.3) is 33.8 Å². The van der Waals surface area contributed by atoms with Crippen molar-refractivity contribution in [2.75, 3.05) is 46.5 Å². The summed E-state index contributed by atoms with van der Waals surface area (Å²) in [6.45, 7) is 7.45. The van der Waals surface area contributed by atoms with Crippen LogP contribution >= 0.6 is 0 Å². The fraction of sp³-hybridized carbons (Fsp3) is 0.512. The van der Waals surface area contributed by atoms with Crippen LogP contribution in [0.5, 0.6) is 5.75 Å². The second-order valence-corrected chi connectivity index (χ2v) is 19.1. The number of nitrogens with one attached hydrogen (secondary N) is 2. The highest BCUT2D eigenvalue weighted by molar-refractivity contribution is 7.90. The Morgan fingerprint density at radius 2 is 1.82 bits per heavy atom. The first kappa shape index (κ1) is 37.1. The average Bonchev–Trinajstić information content (AvgIpc) is 3.55. The van der Waals surface area contributed by atoms with Gasteiger partial charge in [0.25, 0.3) is 11.8 Å². The van der Waals surface area contributed by atoms with Crippen molar-refractivity contribution in [3.05, 3.63) is 70.5 Å². The van der Waals surface area contributed by atoms with Gasteiger partial charge in [0.1, 0.15) is 5.75 Å². The summed E-state index contributed by atoms with van der Waals surface area (Å²) in [6.07, 6.45) is 12.7. The van der Waals surface area contributed by atoms with Gasteiger partial charge in [0.2, 0.25) is 10.0 Å². The van der Waals surface area contributed by atoms with Crippen molar-refractivity contribution in [1.29, 1.82) is 0 Å². The third-order valence-corrected chi connectivity index (χ3v) is 14.6. The largest absolute Gasteiger partial charge is 0.497 e. The Hall–Kier alpha value is -4.46. The first-order chi connectivity index (χ1) is 27.1. The van der Waals surface area contributed by atoms with E-state index in [1.165, 1.54) is 12.0 Å². The maximum atomic E-state index is 14.8.